The Bertz CT molecular complexity index is 965. The third kappa shape index (κ3) is 3.38. The largest absolute Gasteiger partial charge is 0.334 e. The highest BCUT2D eigenvalue weighted by molar-refractivity contribution is 5.92. The first-order valence-corrected chi connectivity index (χ1v) is 10.8. The van der Waals surface area contributed by atoms with Crippen LogP contribution in [0.3, 0.4) is 0 Å². The van der Waals surface area contributed by atoms with Crippen molar-refractivity contribution in [3.05, 3.63) is 53.4 Å². The van der Waals surface area contributed by atoms with Crippen LogP contribution in [0.1, 0.15) is 74.2 Å². The summed E-state index contributed by atoms with van der Waals surface area (Å²) in [5.41, 5.74) is 2.12. The van der Waals surface area contributed by atoms with E-state index in [4.69, 9.17) is 4.98 Å². The Kier molecular flexibility index (Phi) is 4.17. The Morgan fingerprint density at radius 3 is 2.86 bits per heavy atom. The molecule has 4 nitrogen and oxygen atoms in total. The van der Waals surface area contributed by atoms with Gasteiger partial charge in [0.25, 0.3) is 5.91 Å². The van der Waals surface area contributed by atoms with Gasteiger partial charge < -0.3 is 9.47 Å². The first-order valence-electron chi connectivity index (χ1n) is 10.8. The van der Waals surface area contributed by atoms with Crippen LogP contribution in [-0.4, -0.2) is 32.9 Å². The fourth-order valence-corrected chi connectivity index (χ4v) is 6.42. The molecule has 3 atom stereocenters. The molecule has 1 aromatic carbocycles. The van der Waals surface area contributed by atoms with Crippen LogP contribution in [0.25, 0.3) is 0 Å². The van der Waals surface area contributed by atoms with Gasteiger partial charge in [-0.15, -0.1) is 0 Å². The second-order valence-electron chi connectivity index (χ2n) is 10.6. The maximum absolute atomic E-state index is 13.6. The zero-order valence-corrected chi connectivity index (χ0v) is 17.6. The number of hydrogen-bond acceptors (Lipinski definition) is 2. The molecule has 3 aliphatic rings. The molecule has 1 aliphatic carbocycles. The van der Waals surface area contributed by atoms with Crippen LogP contribution < -0.4 is 0 Å². The number of imidazole rings is 1. The third-order valence-corrected chi connectivity index (χ3v) is 7.21. The number of carbonyl (C=O) groups is 1. The predicted octanol–water partition coefficient (Wildman–Crippen LogP) is 4.79. The van der Waals surface area contributed by atoms with Gasteiger partial charge in [-0.1, -0.05) is 32.9 Å². The van der Waals surface area contributed by atoms with Crippen LogP contribution in [0, 0.1) is 16.6 Å². The zero-order chi connectivity index (χ0) is 20.4. The lowest BCUT2D eigenvalue weighted by Crippen LogP contribution is -2.37. The molecule has 0 spiro atoms. The summed E-state index contributed by atoms with van der Waals surface area (Å²) in [6, 6.07) is 7.21. The number of nitrogens with zero attached hydrogens (tertiary/aromatic N) is 3. The second-order valence-corrected chi connectivity index (χ2v) is 10.6. The number of fused-ring (bicyclic) bond motifs is 3. The van der Waals surface area contributed by atoms with E-state index >= 15 is 0 Å². The van der Waals surface area contributed by atoms with Crippen LogP contribution in [0.4, 0.5) is 4.39 Å². The van der Waals surface area contributed by atoms with Gasteiger partial charge in [-0.2, -0.15) is 0 Å². The van der Waals surface area contributed by atoms with E-state index in [0.29, 0.717) is 11.7 Å². The molecule has 2 aromatic rings. The summed E-state index contributed by atoms with van der Waals surface area (Å²) >= 11 is 0. The Labute approximate surface area is 172 Å². The topological polar surface area (TPSA) is 38.1 Å². The molecule has 0 N–H and O–H groups in total. The van der Waals surface area contributed by atoms with Gasteiger partial charge in [0.05, 0.1) is 0 Å². The quantitative estimate of drug-likeness (QED) is 0.733. The van der Waals surface area contributed by atoms with E-state index in [-0.39, 0.29) is 28.5 Å². The molecule has 2 bridgehead atoms. The summed E-state index contributed by atoms with van der Waals surface area (Å²) < 4.78 is 15.7. The summed E-state index contributed by atoms with van der Waals surface area (Å²) in [5.74, 6) is 1.14. The zero-order valence-electron chi connectivity index (χ0n) is 17.6. The lowest BCUT2D eigenvalue weighted by atomic mass is 9.65. The highest BCUT2D eigenvalue weighted by Gasteiger charge is 2.51. The van der Waals surface area contributed by atoms with Gasteiger partial charge in [-0.25, -0.2) is 9.37 Å². The van der Waals surface area contributed by atoms with Crippen LogP contribution in [0.15, 0.2) is 30.5 Å². The molecule has 5 rings (SSSR count). The lowest BCUT2D eigenvalue weighted by molar-refractivity contribution is 0.0702. The Hall–Kier alpha value is -2.17. The molecule has 1 amide bonds. The van der Waals surface area contributed by atoms with Crippen LogP contribution >= 0.6 is 0 Å². The molecular formula is C24H30FN3O. The molecule has 1 aromatic heterocycles. The minimum absolute atomic E-state index is 0.0839. The molecular weight excluding hydrogens is 365 g/mol. The summed E-state index contributed by atoms with van der Waals surface area (Å²) in [4.78, 5) is 20.2. The van der Waals surface area contributed by atoms with E-state index in [2.05, 4.69) is 30.2 Å². The number of amides is 1. The van der Waals surface area contributed by atoms with Crippen molar-refractivity contribution in [3.8, 4) is 0 Å². The monoisotopic (exact) mass is 395 g/mol. The Morgan fingerprint density at radius 2 is 2.07 bits per heavy atom. The fourth-order valence-electron chi connectivity index (χ4n) is 6.42. The maximum atomic E-state index is 13.6. The van der Waals surface area contributed by atoms with Gasteiger partial charge >= 0.3 is 0 Å². The van der Waals surface area contributed by atoms with Crippen molar-refractivity contribution in [1.82, 2.24) is 14.5 Å². The van der Waals surface area contributed by atoms with Gasteiger partial charge in [0.15, 0.2) is 0 Å². The Morgan fingerprint density at radius 1 is 1.24 bits per heavy atom. The molecule has 1 saturated heterocycles. The second kappa shape index (κ2) is 6.41. The Balaban J connectivity index is 1.36. The average molecular weight is 396 g/mol. The minimum atomic E-state index is -0.189. The lowest BCUT2D eigenvalue weighted by Gasteiger charge is -2.39. The molecule has 29 heavy (non-hydrogen) atoms. The number of likely N-dealkylation sites (tertiary alicyclic amines) is 1. The predicted molar refractivity (Wildman–Crippen MR) is 110 cm³/mol. The van der Waals surface area contributed by atoms with E-state index in [1.54, 1.807) is 12.1 Å². The molecule has 2 fully saturated rings. The first kappa shape index (κ1) is 18.8. The van der Waals surface area contributed by atoms with Crippen molar-refractivity contribution in [2.75, 3.05) is 6.54 Å². The van der Waals surface area contributed by atoms with Gasteiger partial charge in [0.2, 0.25) is 0 Å². The van der Waals surface area contributed by atoms with Crippen LogP contribution in [0.2, 0.25) is 0 Å². The normalized spacial score (nSPS) is 30.3. The van der Waals surface area contributed by atoms with Crippen molar-refractivity contribution in [1.29, 1.82) is 0 Å². The first-order chi connectivity index (χ1) is 13.7. The average Bonchev–Trinajstić information content (AvgIpc) is 3.17. The van der Waals surface area contributed by atoms with E-state index in [9.17, 15) is 9.18 Å². The molecule has 5 heteroatoms. The molecule has 2 aliphatic heterocycles. The number of rotatable bonds is 2. The molecule has 0 radical (unpaired) electrons. The SMILES string of the molecule is CC1(C)CC2CC(C)(CN2C(=O)c2cn3c(n2)CCC(c2cccc(F)c2)C3)C1. The smallest absolute Gasteiger partial charge is 0.274 e. The van der Waals surface area contributed by atoms with E-state index in [1.165, 1.54) is 12.5 Å². The number of aromatic nitrogens is 2. The summed E-state index contributed by atoms with van der Waals surface area (Å²) in [7, 11) is 0. The fraction of sp³-hybridized carbons (Fsp3) is 0.583. The van der Waals surface area contributed by atoms with Crippen molar-refractivity contribution in [2.24, 2.45) is 10.8 Å². The maximum Gasteiger partial charge on any atom is 0.274 e. The summed E-state index contributed by atoms with van der Waals surface area (Å²) in [6.07, 6.45) is 7.05. The highest BCUT2D eigenvalue weighted by atomic mass is 19.1. The highest BCUT2D eigenvalue weighted by Crippen LogP contribution is 2.52. The number of halogens is 1. The van der Waals surface area contributed by atoms with Crippen LogP contribution in [-0.2, 0) is 13.0 Å². The number of hydrogen-bond donors (Lipinski definition) is 0. The van der Waals surface area contributed by atoms with Crippen LogP contribution in [0.5, 0.6) is 0 Å². The standard InChI is InChI=1S/C24H30FN3O/c1-23(2)10-19-11-24(3,14-23)15-28(19)22(29)20-13-27-12-17(7-8-21(27)26-20)16-5-4-6-18(25)9-16/h4-6,9,13,17,19H,7-8,10-12,14-15H2,1-3H3. The van der Waals surface area contributed by atoms with Gasteiger partial charge in [0, 0.05) is 37.7 Å². The van der Waals surface area contributed by atoms with Gasteiger partial charge in [-0.05, 0) is 54.2 Å². The van der Waals surface area contributed by atoms with E-state index < -0.39 is 0 Å². The number of benzene rings is 1. The number of carbonyl (C=O) groups excluding carboxylic acids is 1. The van der Waals surface area contributed by atoms with E-state index in [1.807, 2.05) is 12.3 Å². The minimum Gasteiger partial charge on any atom is -0.334 e. The summed E-state index contributed by atoms with van der Waals surface area (Å²) in [5, 5.41) is 0. The third-order valence-electron chi connectivity index (χ3n) is 7.21. The summed E-state index contributed by atoms with van der Waals surface area (Å²) in [6.45, 7) is 8.58. The molecule has 3 heterocycles. The number of aryl methyl sites for hydroxylation is 1. The van der Waals surface area contributed by atoms with E-state index in [0.717, 1.165) is 50.2 Å². The molecule has 1 saturated carbocycles. The van der Waals surface area contributed by atoms with Crippen molar-refractivity contribution >= 4 is 5.91 Å². The van der Waals surface area contributed by atoms with Gasteiger partial charge in [0.1, 0.15) is 17.3 Å². The van der Waals surface area contributed by atoms with Crippen molar-refractivity contribution < 1.29 is 9.18 Å². The molecule has 3 unspecified atom stereocenters. The van der Waals surface area contributed by atoms with Crippen molar-refractivity contribution in [3.63, 3.8) is 0 Å². The van der Waals surface area contributed by atoms with Gasteiger partial charge in [-0.3, -0.25) is 4.79 Å². The van der Waals surface area contributed by atoms with Crippen molar-refractivity contribution in [2.45, 2.75) is 71.4 Å². The molecule has 154 valence electrons.